The first-order valence-electron chi connectivity index (χ1n) is 5.81. The van der Waals surface area contributed by atoms with Gasteiger partial charge in [0.15, 0.2) is 0 Å². The Kier molecular flexibility index (Phi) is 4.32. The van der Waals surface area contributed by atoms with Crippen molar-refractivity contribution in [2.75, 3.05) is 6.54 Å². The lowest BCUT2D eigenvalue weighted by atomic mass is 10.2. The number of rotatable bonds is 2. The number of benzene rings is 1. The molecule has 0 aliphatic rings. The van der Waals surface area contributed by atoms with Crippen molar-refractivity contribution in [3.05, 3.63) is 35.1 Å². The molecule has 0 bridgehead atoms. The molecule has 1 aromatic carbocycles. The molecule has 0 spiro atoms. The monoisotopic (exact) mass is 273 g/mol. The molecule has 0 radical (unpaired) electrons. The Labute approximate surface area is 116 Å². The molecule has 1 aromatic heterocycles. The Balaban J connectivity index is 2.09. The van der Waals surface area contributed by atoms with E-state index < -0.39 is 0 Å². The molecule has 1 heterocycles. The molecule has 0 aliphatic heterocycles. The first-order chi connectivity index (χ1) is 9.15. The Hall–Kier alpha value is -2.12. The maximum Gasteiger partial charge on any atom is 0.216 e. The van der Waals surface area contributed by atoms with Crippen LogP contribution in [0, 0.1) is 11.8 Å². The maximum atomic E-state index is 10.7. The molecule has 5 heteroatoms. The lowest BCUT2D eigenvalue weighted by Gasteiger charge is -1.97. The van der Waals surface area contributed by atoms with Crippen LogP contribution < -0.4 is 5.32 Å². The van der Waals surface area contributed by atoms with Crippen molar-refractivity contribution in [1.82, 2.24) is 15.3 Å². The van der Waals surface area contributed by atoms with E-state index in [2.05, 4.69) is 27.1 Å². The second kappa shape index (κ2) is 6.17. The highest BCUT2D eigenvalue weighted by Crippen LogP contribution is 2.13. The van der Waals surface area contributed by atoms with Crippen LogP contribution in [0.3, 0.4) is 0 Å². The second-order valence-corrected chi connectivity index (χ2v) is 4.32. The fourth-order valence-corrected chi connectivity index (χ4v) is 1.67. The summed E-state index contributed by atoms with van der Waals surface area (Å²) in [6.07, 6.45) is 2.13. The van der Waals surface area contributed by atoms with E-state index in [4.69, 9.17) is 11.6 Å². The van der Waals surface area contributed by atoms with Gasteiger partial charge in [0.05, 0.1) is 17.2 Å². The van der Waals surface area contributed by atoms with Gasteiger partial charge in [0.2, 0.25) is 5.91 Å². The maximum absolute atomic E-state index is 10.7. The molecule has 96 valence electrons. The van der Waals surface area contributed by atoms with Crippen molar-refractivity contribution < 1.29 is 4.79 Å². The highest BCUT2D eigenvalue weighted by molar-refractivity contribution is 6.29. The third kappa shape index (κ3) is 3.94. The predicted octanol–water partition coefficient (Wildman–Crippen LogP) is 2.16. The van der Waals surface area contributed by atoms with Crippen molar-refractivity contribution in [2.45, 2.75) is 13.3 Å². The van der Waals surface area contributed by atoms with Crippen LogP contribution in [0.25, 0.3) is 11.0 Å². The third-order valence-corrected chi connectivity index (χ3v) is 2.55. The molecular formula is C14H12ClN3O. The number of hydrogen-bond acceptors (Lipinski definition) is 3. The molecular weight excluding hydrogens is 262 g/mol. The van der Waals surface area contributed by atoms with E-state index >= 15 is 0 Å². The number of amides is 1. The smallest absolute Gasteiger partial charge is 0.216 e. The fraction of sp³-hybridized carbons (Fsp3) is 0.214. The van der Waals surface area contributed by atoms with Crippen LogP contribution in [0.5, 0.6) is 0 Å². The van der Waals surface area contributed by atoms with Crippen LogP contribution in [-0.2, 0) is 4.79 Å². The second-order valence-electron chi connectivity index (χ2n) is 3.93. The number of aromatic nitrogens is 2. The summed E-state index contributed by atoms with van der Waals surface area (Å²) in [6.45, 7) is 2.04. The summed E-state index contributed by atoms with van der Waals surface area (Å²) < 4.78 is 0. The first kappa shape index (κ1) is 13.3. The van der Waals surface area contributed by atoms with E-state index in [0.717, 1.165) is 16.6 Å². The van der Waals surface area contributed by atoms with Gasteiger partial charge in [-0.1, -0.05) is 23.4 Å². The average Bonchev–Trinajstić information content (AvgIpc) is 2.37. The highest BCUT2D eigenvalue weighted by atomic mass is 35.5. The SMILES string of the molecule is CC(=O)NCCC#Cc1ccc2ncc(Cl)nc2c1. The lowest BCUT2D eigenvalue weighted by molar-refractivity contribution is -0.118. The van der Waals surface area contributed by atoms with Crippen molar-refractivity contribution in [2.24, 2.45) is 0 Å². The Morgan fingerprint density at radius 2 is 2.26 bits per heavy atom. The summed E-state index contributed by atoms with van der Waals surface area (Å²) in [5.41, 5.74) is 2.36. The van der Waals surface area contributed by atoms with Gasteiger partial charge in [-0.05, 0) is 18.2 Å². The summed E-state index contributed by atoms with van der Waals surface area (Å²) in [5, 5.41) is 3.05. The molecule has 0 atom stereocenters. The summed E-state index contributed by atoms with van der Waals surface area (Å²) in [6, 6.07) is 5.59. The van der Waals surface area contributed by atoms with Gasteiger partial charge >= 0.3 is 0 Å². The number of carbonyl (C=O) groups excluding carboxylic acids is 1. The molecule has 2 rings (SSSR count). The zero-order chi connectivity index (χ0) is 13.7. The van der Waals surface area contributed by atoms with E-state index in [-0.39, 0.29) is 5.91 Å². The largest absolute Gasteiger partial charge is 0.355 e. The van der Waals surface area contributed by atoms with Crippen LogP contribution in [0.4, 0.5) is 0 Å². The van der Waals surface area contributed by atoms with Crippen LogP contribution in [0.2, 0.25) is 5.15 Å². The minimum absolute atomic E-state index is 0.0441. The lowest BCUT2D eigenvalue weighted by Crippen LogP contribution is -2.20. The van der Waals surface area contributed by atoms with Crippen LogP contribution in [-0.4, -0.2) is 22.4 Å². The zero-order valence-corrected chi connectivity index (χ0v) is 11.2. The summed E-state index contributed by atoms with van der Waals surface area (Å²) in [4.78, 5) is 19.0. The first-order valence-corrected chi connectivity index (χ1v) is 6.18. The highest BCUT2D eigenvalue weighted by Gasteiger charge is 1.98. The average molecular weight is 274 g/mol. The molecule has 1 amide bonds. The molecule has 0 saturated heterocycles. The van der Waals surface area contributed by atoms with Crippen LogP contribution in [0.1, 0.15) is 18.9 Å². The van der Waals surface area contributed by atoms with Gasteiger partial charge in [-0.25, -0.2) is 4.98 Å². The quantitative estimate of drug-likeness (QED) is 0.674. The van der Waals surface area contributed by atoms with Gasteiger partial charge in [-0.15, -0.1) is 0 Å². The third-order valence-electron chi connectivity index (χ3n) is 2.37. The topological polar surface area (TPSA) is 54.9 Å². The van der Waals surface area contributed by atoms with Gasteiger partial charge in [0.25, 0.3) is 0 Å². The zero-order valence-electron chi connectivity index (χ0n) is 10.4. The Morgan fingerprint density at radius 1 is 1.42 bits per heavy atom. The number of halogens is 1. The molecule has 0 fully saturated rings. The molecule has 1 N–H and O–H groups in total. The standard InChI is InChI=1S/C14H12ClN3O/c1-10(19)16-7-3-2-4-11-5-6-12-13(8-11)18-14(15)9-17-12/h5-6,8-9H,3,7H2,1H3,(H,16,19). The molecule has 0 unspecified atom stereocenters. The van der Waals surface area contributed by atoms with Gasteiger partial charge in [0.1, 0.15) is 5.15 Å². The summed E-state index contributed by atoms with van der Waals surface area (Å²) >= 11 is 5.80. The number of hydrogen-bond donors (Lipinski definition) is 1. The van der Waals surface area contributed by atoms with Crippen molar-refractivity contribution in [1.29, 1.82) is 0 Å². The normalized spacial score (nSPS) is 9.79. The molecule has 2 aromatic rings. The summed E-state index contributed by atoms with van der Waals surface area (Å²) in [5.74, 6) is 5.96. The van der Waals surface area contributed by atoms with Crippen molar-refractivity contribution >= 4 is 28.5 Å². The Bertz CT molecular complexity index is 673. The number of carbonyl (C=O) groups is 1. The molecule has 0 aliphatic carbocycles. The number of nitrogens with one attached hydrogen (secondary N) is 1. The number of nitrogens with zero attached hydrogens (tertiary/aromatic N) is 2. The van der Waals surface area contributed by atoms with Gasteiger partial charge < -0.3 is 5.32 Å². The van der Waals surface area contributed by atoms with E-state index in [1.807, 2.05) is 18.2 Å². The molecule has 4 nitrogen and oxygen atoms in total. The molecule has 0 saturated carbocycles. The minimum Gasteiger partial charge on any atom is -0.355 e. The number of fused-ring (bicyclic) bond motifs is 1. The van der Waals surface area contributed by atoms with Crippen LogP contribution in [0.15, 0.2) is 24.4 Å². The molecule has 19 heavy (non-hydrogen) atoms. The summed E-state index contributed by atoms with van der Waals surface area (Å²) in [7, 11) is 0. The fourth-order valence-electron chi connectivity index (χ4n) is 1.53. The van der Waals surface area contributed by atoms with E-state index in [0.29, 0.717) is 18.1 Å². The van der Waals surface area contributed by atoms with Crippen LogP contribution >= 0.6 is 11.6 Å². The van der Waals surface area contributed by atoms with Gasteiger partial charge in [0, 0.05) is 25.5 Å². The van der Waals surface area contributed by atoms with E-state index in [9.17, 15) is 4.79 Å². The predicted molar refractivity (Wildman–Crippen MR) is 74.7 cm³/mol. The van der Waals surface area contributed by atoms with Gasteiger partial charge in [-0.3, -0.25) is 9.78 Å². The van der Waals surface area contributed by atoms with Crippen molar-refractivity contribution in [3.63, 3.8) is 0 Å². The van der Waals surface area contributed by atoms with E-state index in [1.54, 1.807) is 0 Å². The Morgan fingerprint density at radius 3 is 3.05 bits per heavy atom. The van der Waals surface area contributed by atoms with Gasteiger partial charge in [-0.2, -0.15) is 0 Å². The van der Waals surface area contributed by atoms with E-state index in [1.165, 1.54) is 13.1 Å². The minimum atomic E-state index is -0.0441. The van der Waals surface area contributed by atoms with Crippen molar-refractivity contribution in [3.8, 4) is 11.8 Å².